The van der Waals surface area contributed by atoms with Crippen LogP contribution in [0.3, 0.4) is 0 Å². The first-order valence-electron chi connectivity index (χ1n) is 17.1. The summed E-state index contributed by atoms with van der Waals surface area (Å²) < 4.78 is 0. The highest BCUT2D eigenvalue weighted by atomic mass is 14.9. The third-order valence-corrected chi connectivity index (χ3v) is 9.70. The third-order valence-electron chi connectivity index (χ3n) is 9.70. The molecule has 6 aromatic carbocycles. The van der Waals surface area contributed by atoms with Gasteiger partial charge in [-0.15, -0.1) is 0 Å². The molecule has 0 spiro atoms. The molecule has 3 heteroatoms. The van der Waals surface area contributed by atoms with E-state index in [1.54, 1.807) is 6.20 Å². The van der Waals surface area contributed by atoms with E-state index >= 15 is 0 Å². The summed E-state index contributed by atoms with van der Waals surface area (Å²) >= 11 is 0. The van der Waals surface area contributed by atoms with Crippen LogP contribution in [0, 0.1) is 0 Å². The number of hydrogen-bond donors (Lipinski definition) is 0. The summed E-state index contributed by atoms with van der Waals surface area (Å²) in [5, 5.41) is 2.48. The summed E-state index contributed by atoms with van der Waals surface area (Å²) in [7, 11) is 0. The van der Waals surface area contributed by atoms with Crippen molar-refractivity contribution in [2.45, 2.75) is 12.8 Å². The first kappa shape index (κ1) is 29.7. The molecule has 0 saturated heterocycles. The highest BCUT2D eigenvalue weighted by Gasteiger charge is 2.14. The fraction of sp³-hybridized carbons (Fsp3) is 0.0426. The van der Waals surface area contributed by atoms with Crippen molar-refractivity contribution in [2.75, 3.05) is 0 Å². The fourth-order valence-corrected chi connectivity index (χ4v) is 7.06. The molecule has 1 aliphatic rings. The van der Waals surface area contributed by atoms with Crippen LogP contribution in [0.4, 0.5) is 0 Å². The highest BCUT2D eigenvalue weighted by molar-refractivity contribution is 5.96. The average molecular weight is 640 g/mol. The maximum atomic E-state index is 5.16. The molecule has 8 aromatic rings. The van der Waals surface area contributed by atoms with E-state index in [0.29, 0.717) is 5.82 Å². The van der Waals surface area contributed by atoms with E-state index in [1.807, 2.05) is 12.3 Å². The SMILES string of the molecule is C1=Cc2c(cccc2-c2ccc(-c3cc(-c4ccc(-c5cccnc5)cc4)nc(-c4ccc(-c5cccc6ccccc56)cc4)n3)cc2)CC1. The van der Waals surface area contributed by atoms with Crippen LogP contribution in [0.5, 0.6) is 0 Å². The van der Waals surface area contributed by atoms with E-state index in [9.17, 15) is 0 Å². The van der Waals surface area contributed by atoms with Gasteiger partial charge in [-0.1, -0.05) is 152 Å². The van der Waals surface area contributed by atoms with Gasteiger partial charge in [-0.25, -0.2) is 9.97 Å². The molecule has 0 bridgehead atoms. The Hall–Kier alpha value is -6.45. The molecule has 0 fully saturated rings. The van der Waals surface area contributed by atoms with Gasteiger partial charge in [0.15, 0.2) is 5.82 Å². The molecule has 50 heavy (non-hydrogen) atoms. The lowest BCUT2D eigenvalue weighted by Crippen LogP contribution is -1.97. The zero-order chi connectivity index (χ0) is 33.3. The van der Waals surface area contributed by atoms with E-state index in [-0.39, 0.29) is 0 Å². The second-order valence-electron chi connectivity index (χ2n) is 12.8. The van der Waals surface area contributed by atoms with Gasteiger partial charge in [-0.05, 0) is 80.3 Å². The Balaban J connectivity index is 1.11. The van der Waals surface area contributed by atoms with Crippen LogP contribution in [-0.2, 0) is 6.42 Å². The Labute approximate surface area is 292 Å². The van der Waals surface area contributed by atoms with Crippen molar-refractivity contribution in [3.05, 3.63) is 181 Å². The van der Waals surface area contributed by atoms with Gasteiger partial charge >= 0.3 is 0 Å². The lowest BCUT2D eigenvalue weighted by Gasteiger charge is -2.15. The van der Waals surface area contributed by atoms with E-state index in [1.165, 1.54) is 44.2 Å². The maximum Gasteiger partial charge on any atom is 0.160 e. The molecule has 0 atom stereocenters. The van der Waals surface area contributed by atoms with Crippen LogP contribution in [-0.4, -0.2) is 15.0 Å². The van der Waals surface area contributed by atoms with E-state index in [4.69, 9.17) is 9.97 Å². The van der Waals surface area contributed by atoms with Crippen molar-refractivity contribution in [3.63, 3.8) is 0 Å². The van der Waals surface area contributed by atoms with Crippen molar-refractivity contribution >= 4 is 16.8 Å². The minimum absolute atomic E-state index is 0.699. The molecule has 2 aromatic heterocycles. The van der Waals surface area contributed by atoms with E-state index in [0.717, 1.165) is 52.0 Å². The number of pyridine rings is 1. The predicted octanol–water partition coefficient (Wildman–Crippen LogP) is 12.0. The first-order valence-corrected chi connectivity index (χ1v) is 17.1. The van der Waals surface area contributed by atoms with Crippen LogP contribution in [0.2, 0.25) is 0 Å². The number of hydrogen-bond acceptors (Lipinski definition) is 3. The molecule has 2 heterocycles. The molecule has 0 saturated carbocycles. The average Bonchev–Trinajstić information content (AvgIpc) is 3.21. The van der Waals surface area contributed by atoms with Crippen LogP contribution in [0.1, 0.15) is 17.5 Å². The summed E-state index contributed by atoms with van der Waals surface area (Å²) in [5.74, 6) is 0.699. The number of aromatic nitrogens is 3. The largest absolute Gasteiger partial charge is 0.264 e. The van der Waals surface area contributed by atoms with E-state index in [2.05, 4.69) is 163 Å². The molecular weight excluding hydrogens is 607 g/mol. The van der Waals surface area contributed by atoms with E-state index < -0.39 is 0 Å². The quantitative estimate of drug-likeness (QED) is 0.182. The Kier molecular flexibility index (Phi) is 7.64. The smallest absolute Gasteiger partial charge is 0.160 e. The van der Waals surface area contributed by atoms with Gasteiger partial charge < -0.3 is 0 Å². The van der Waals surface area contributed by atoms with Gasteiger partial charge in [0.2, 0.25) is 0 Å². The summed E-state index contributed by atoms with van der Waals surface area (Å²) in [6, 6.07) is 53.8. The number of fused-ring (bicyclic) bond motifs is 2. The van der Waals surface area contributed by atoms with Gasteiger partial charge in [-0.2, -0.15) is 0 Å². The fourth-order valence-electron chi connectivity index (χ4n) is 7.06. The number of rotatable bonds is 6. The molecule has 0 N–H and O–H groups in total. The molecule has 1 aliphatic carbocycles. The van der Waals surface area contributed by atoms with Crippen molar-refractivity contribution in [1.82, 2.24) is 15.0 Å². The molecule has 0 unspecified atom stereocenters. The second-order valence-corrected chi connectivity index (χ2v) is 12.8. The number of nitrogens with zero attached hydrogens (tertiary/aromatic N) is 3. The van der Waals surface area contributed by atoms with Gasteiger partial charge in [-0.3, -0.25) is 4.98 Å². The summed E-state index contributed by atoms with van der Waals surface area (Å²) in [4.78, 5) is 14.6. The van der Waals surface area contributed by atoms with Crippen molar-refractivity contribution in [3.8, 4) is 67.3 Å². The summed E-state index contributed by atoms with van der Waals surface area (Å²) in [6.45, 7) is 0. The molecule has 0 radical (unpaired) electrons. The molecule has 0 aliphatic heterocycles. The first-order chi connectivity index (χ1) is 24.8. The van der Waals surface area contributed by atoms with Gasteiger partial charge in [0, 0.05) is 29.1 Å². The molecule has 0 amide bonds. The van der Waals surface area contributed by atoms with Crippen molar-refractivity contribution in [2.24, 2.45) is 0 Å². The third kappa shape index (κ3) is 5.69. The predicted molar refractivity (Wildman–Crippen MR) is 207 cm³/mol. The van der Waals surface area contributed by atoms with Crippen LogP contribution in [0.25, 0.3) is 84.1 Å². The van der Waals surface area contributed by atoms with Gasteiger partial charge in [0.25, 0.3) is 0 Å². The highest BCUT2D eigenvalue weighted by Crippen LogP contribution is 2.35. The number of benzene rings is 6. The minimum Gasteiger partial charge on any atom is -0.264 e. The standard InChI is InChI=1S/C47H33N3/c1-3-13-41-33(8-1)10-5-15-43(41)35-19-25-38(26-20-35)46-30-45(37-23-17-32(18-24-37)40-12-7-29-48-31-40)49-47(50-46)39-27-21-36(22-28-39)44-16-6-11-34-9-2-4-14-42(34)44/h2-7,9-31H,1,8H2. The molecular formula is C47H33N3. The normalized spacial score (nSPS) is 12.2. The monoisotopic (exact) mass is 639 g/mol. The second kappa shape index (κ2) is 12.9. The zero-order valence-electron chi connectivity index (χ0n) is 27.5. The van der Waals surface area contributed by atoms with Gasteiger partial charge in [0.05, 0.1) is 11.4 Å². The summed E-state index contributed by atoms with van der Waals surface area (Å²) in [6.07, 6.45) is 10.4. The molecule has 236 valence electrons. The van der Waals surface area contributed by atoms with Gasteiger partial charge in [0.1, 0.15) is 0 Å². The Morgan fingerprint density at radius 3 is 1.82 bits per heavy atom. The Morgan fingerprint density at radius 2 is 1.08 bits per heavy atom. The summed E-state index contributed by atoms with van der Waals surface area (Å²) in [5.41, 5.74) is 14.7. The Morgan fingerprint density at radius 1 is 0.460 bits per heavy atom. The molecule has 3 nitrogen and oxygen atoms in total. The Bertz CT molecular complexity index is 2490. The minimum atomic E-state index is 0.699. The van der Waals surface area contributed by atoms with Crippen LogP contribution < -0.4 is 0 Å². The lowest BCUT2D eigenvalue weighted by atomic mass is 9.89. The lowest BCUT2D eigenvalue weighted by molar-refractivity contribution is 0.986. The number of allylic oxidation sites excluding steroid dienone is 1. The molecule has 9 rings (SSSR count). The van der Waals surface area contributed by atoms with Crippen LogP contribution in [0.15, 0.2) is 170 Å². The zero-order valence-corrected chi connectivity index (χ0v) is 27.5. The number of aryl methyl sites for hydroxylation is 1. The van der Waals surface area contributed by atoms with Crippen molar-refractivity contribution in [1.29, 1.82) is 0 Å². The maximum absolute atomic E-state index is 5.16. The van der Waals surface area contributed by atoms with Crippen molar-refractivity contribution < 1.29 is 0 Å². The van der Waals surface area contributed by atoms with Crippen LogP contribution >= 0.6 is 0 Å². The topological polar surface area (TPSA) is 38.7 Å².